The fourth-order valence-corrected chi connectivity index (χ4v) is 4.77. The van der Waals surface area contributed by atoms with Crippen molar-refractivity contribution in [2.45, 2.75) is 60.8 Å². The van der Waals surface area contributed by atoms with Gasteiger partial charge in [0.1, 0.15) is 0 Å². The Labute approximate surface area is 127 Å². The van der Waals surface area contributed by atoms with Gasteiger partial charge in [-0.1, -0.05) is 58.8 Å². The summed E-state index contributed by atoms with van der Waals surface area (Å²) in [4.78, 5) is 0. The van der Waals surface area contributed by atoms with Gasteiger partial charge in [0, 0.05) is 32.7 Å². The predicted molar refractivity (Wildman–Crippen MR) is 66.5 cm³/mol. The van der Waals surface area contributed by atoms with Gasteiger partial charge in [0.15, 0.2) is 0 Å². The molecule has 2 aliphatic carbocycles. The molecule has 0 nitrogen and oxygen atoms in total. The third kappa shape index (κ3) is 1.96. The molecule has 0 N–H and O–H groups in total. The summed E-state index contributed by atoms with van der Waals surface area (Å²) in [6, 6.07) is 0. The van der Waals surface area contributed by atoms with Crippen molar-refractivity contribution < 1.29 is 32.7 Å². The van der Waals surface area contributed by atoms with E-state index in [-0.39, 0.29) is 32.7 Å². The van der Waals surface area contributed by atoms with E-state index in [0.29, 0.717) is 10.8 Å². The zero-order valence-corrected chi connectivity index (χ0v) is 14.8. The maximum Gasteiger partial charge on any atom is 0 e. The van der Waals surface area contributed by atoms with E-state index in [4.69, 9.17) is 0 Å². The largest absolute Gasteiger partial charge is 0.313 e. The van der Waals surface area contributed by atoms with Gasteiger partial charge in [-0.05, 0) is 11.3 Å². The Hall–Kier alpha value is 1.10. The van der Waals surface area contributed by atoms with E-state index < -0.39 is 0 Å². The van der Waals surface area contributed by atoms with E-state index in [0.717, 1.165) is 17.8 Å². The molecule has 2 fully saturated rings. The summed E-state index contributed by atoms with van der Waals surface area (Å²) < 4.78 is 0. The van der Waals surface area contributed by atoms with Crippen LogP contribution in [0.5, 0.6) is 0 Å². The molecule has 2 aliphatic rings. The molecule has 3 unspecified atom stereocenters. The first-order chi connectivity index (χ1) is 6.79. The molecule has 0 saturated heterocycles. The van der Waals surface area contributed by atoms with Crippen LogP contribution < -0.4 is 0 Å². The molecule has 1 radical (unpaired) electrons. The fourth-order valence-electron chi connectivity index (χ4n) is 4.77. The van der Waals surface area contributed by atoms with Crippen molar-refractivity contribution >= 4 is 0 Å². The van der Waals surface area contributed by atoms with Crippen molar-refractivity contribution in [3.8, 4) is 0 Å². The van der Waals surface area contributed by atoms with Crippen LogP contribution in [0.1, 0.15) is 60.8 Å². The van der Waals surface area contributed by atoms with Crippen molar-refractivity contribution in [3.63, 3.8) is 0 Å². The first-order valence-electron chi connectivity index (χ1n) is 6.62. The molecule has 16 heavy (non-hydrogen) atoms. The van der Waals surface area contributed by atoms with Crippen LogP contribution in [0.3, 0.4) is 0 Å². The molecule has 0 aromatic heterocycles. The van der Waals surface area contributed by atoms with Crippen LogP contribution in [-0.2, 0) is 32.7 Å². The Morgan fingerprint density at radius 2 is 1.62 bits per heavy atom. The summed E-state index contributed by atoms with van der Waals surface area (Å²) in [5.74, 6) is 4.45. The Morgan fingerprint density at radius 1 is 1.06 bits per heavy atom. The van der Waals surface area contributed by atoms with Gasteiger partial charge in [-0.2, -0.15) is 19.3 Å². The number of hydrogen-bond acceptors (Lipinski definition) is 0. The van der Waals surface area contributed by atoms with Crippen molar-refractivity contribution in [2.75, 3.05) is 0 Å². The molecule has 0 aromatic carbocycles. The predicted octanol–water partition coefficient (Wildman–Crippen LogP) is 4.70. The molecular formula is C15H27Y-. The molecular weight excluding hydrogens is 269 g/mol. The van der Waals surface area contributed by atoms with Crippen molar-refractivity contribution in [3.05, 3.63) is 5.92 Å². The van der Waals surface area contributed by atoms with Crippen LogP contribution in [0.25, 0.3) is 0 Å². The van der Waals surface area contributed by atoms with Crippen LogP contribution >= 0.6 is 0 Å². The zero-order chi connectivity index (χ0) is 11.4. The molecule has 0 amide bonds. The summed E-state index contributed by atoms with van der Waals surface area (Å²) >= 11 is 0. The quantitative estimate of drug-likeness (QED) is 0.569. The topological polar surface area (TPSA) is 0 Å². The van der Waals surface area contributed by atoms with Gasteiger partial charge in [0.25, 0.3) is 0 Å². The Morgan fingerprint density at radius 3 is 2.12 bits per heavy atom. The second-order valence-corrected chi connectivity index (χ2v) is 7.19. The third-order valence-corrected chi connectivity index (χ3v) is 6.01. The minimum atomic E-state index is 0. The Balaban J connectivity index is 0.00000128. The minimum Gasteiger partial charge on any atom is -0.313 e. The van der Waals surface area contributed by atoms with Crippen LogP contribution in [0.15, 0.2) is 0 Å². The van der Waals surface area contributed by atoms with Gasteiger partial charge in [-0.25, -0.2) is 0 Å². The van der Waals surface area contributed by atoms with Crippen LogP contribution in [-0.4, -0.2) is 0 Å². The average Bonchev–Trinajstić information content (AvgIpc) is 2.27. The molecule has 1 heteroatoms. The van der Waals surface area contributed by atoms with Crippen molar-refractivity contribution in [1.29, 1.82) is 0 Å². The molecule has 3 atom stereocenters. The van der Waals surface area contributed by atoms with Crippen molar-refractivity contribution in [2.24, 2.45) is 28.6 Å². The summed E-state index contributed by atoms with van der Waals surface area (Å²) in [6.45, 7) is 14.9. The molecule has 0 aliphatic heterocycles. The van der Waals surface area contributed by atoms with E-state index in [1.54, 1.807) is 5.92 Å². The molecule has 0 bridgehead atoms. The fraction of sp³-hybridized carbons (Fsp3) is 0.933. The minimum absolute atomic E-state index is 0. The third-order valence-electron chi connectivity index (χ3n) is 6.01. The molecule has 2 saturated carbocycles. The van der Waals surface area contributed by atoms with E-state index in [9.17, 15) is 0 Å². The number of fused-ring (bicyclic) bond motifs is 1. The Kier molecular flexibility index (Phi) is 4.41. The summed E-state index contributed by atoms with van der Waals surface area (Å²) in [7, 11) is 0. The van der Waals surface area contributed by atoms with Crippen LogP contribution in [0.2, 0.25) is 0 Å². The van der Waals surface area contributed by atoms with Crippen molar-refractivity contribution in [1.82, 2.24) is 0 Å². The summed E-state index contributed by atoms with van der Waals surface area (Å²) in [6.07, 6.45) is 4.27. The van der Waals surface area contributed by atoms with Gasteiger partial charge in [-0.3, -0.25) is 0 Å². The molecule has 0 heterocycles. The second-order valence-electron chi connectivity index (χ2n) is 7.19. The molecule has 0 aromatic rings. The normalized spacial score (nSPS) is 41.2. The van der Waals surface area contributed by atoms with E-state index in [1.807, 2.05) is 0 Å². The van der Waals surface area contributed by atoms with Gasteiger partial charge in [0.2, 0.25) is 0 Å². The van der Waals surface area contributed by atoms with Gasteiger partial charge >= 0.3 is 0 Å². The smallest absolute Gasteiger partial charge is 0 e. The summed E-state index contributed by atoms with van der Waals surface area (Å²) in [5.41, 5.74) is 1.05. The molecule has 0 spiro atoms. The summed E-state index contributed by atoms with van der Waals surface area (Å²) in [5, 5.41) is 0. The Bertz CT molecular complexity index is 254. The standard InChI is InChI=1S/C15H27.Y/c1-10-8-7-9-12-13(10)15(5,6)11(2)14(12,3)4;/h11-13H,7-9H2,1-6H3;/q-1;. The van der Waals surface area contributed by atoms with Crippen LogP contribution in [0.4, 0.5) is 0 Å². The van der Waals surface area contributed by atoms with Gasteiger partial charge in [-0.15, -0.1) is 0 Å². The monoisotopic (exact) mass is 296 g/mol. The molecule has 2 rings (SSSR count). The van der Waals surface area contributed by atoms with E-state index in [1.165, 1.54) is 19.3 Å². The molecule has 91 valence electrons. The maximum absolute atomic E-state index is 2.50. The average molecular weight is 296 g/mol. The number of rotatable bonds is 0. The number of hydrogen-bond donors (Lipinski definition) is 0. The maximum atomic E-state index is 2.50. The second kappa shape index (κ2) is 4.65. The van der Waals surface area contributed by atoms with Gasteiger partial charge in [0.05, 0.1) is 0 Å². The zero-order valence-electron chi connectivity index (χ0n) is 11.9. The first-order valence-corrected chi connectivity index (χ1v) is 6.62. The van der Waals surface area contributed by atoms with Gasteiger partial charge < -0.3 is 5.92 Å². The van der Waals surface area contributed by atoms with Crippen LogP contribution in [0, 0.1) is 34.5 Å². The van der Waals surface area contributed by atoms with E-state index >= 15 is 0 Å². The SMILES string of the molecule is C[C-]1CCCC2C1C(C)(C)C(C)C2(C)C.[Y]. The van der Waals surface area contributed by atoms with E-state index in [2.05, 4.69) is 41.5 Å². The first kappa shape index (κ1) is 15.2.